The number of hydrogen-bond acceptors (Lipinski definition) is 5. The standard InChI is InChI=1S/C23H24FN3O4S/c1-29-7-6-25-23(32)27(13-15-2-4-18(24)5-3-15)14-17-10-16-11-20-21(31-9-8-30-20)12-19(16)26-22(17)28/h2-5,10-12H,6-9,13-14H2,1H3,(H,25,32)(H,26,28). The Bertz CT molecular complexity index is 1170. The fraction of sp³-hybridized carbons (Fsp3) is 0.304. The van der Waals surface area contributed by atoms with Gasteiger partial charge in [-0.15, -0.1) is 0 Å². The number of aromatic nitrogens is 1. The summed E-state index contributed by atoms with van der Waals surface area (Å²) in [5, 5.41) is 4.46. The summed E-state index contributed by atoms with van der Waals surface area (Å²) in [5.74, 6) is 0.969. The molecule has 3 aromatic rings. The van der Waals surface area contributed by atoms with Crippen molar-refractivity contribution in [1.29, 1.82) is 0 Å². The molecule has 0 amide bonds. The number of nitrogens with zero attached hydrogens (tertiary/aromatic N) is 1. The van der Waals surface area contributed by atoms with E-state index in [1.165, 1.54) is 12.1 Å². The first-order valence-corrected chi connectivity index (χ1v) is 10.7. The highest BCUT2D eigenvalue weighted by Crippen LogP contribution is 2.33. The minimum absolute atomic E-state index is 0.210. The first-order valence-electron chi connectivity index (χ1n) is 10.2. The number of H-pyrrole nitrogens is 1. The summed E-state index contributed by atoms with van der Waals surface area (Å²) in [5.41, 5.74) is 1.89. The van der Waals surface area contributed by atoms with Gasteiger partial charge >= 0.3 is 0 Å². The van der Waals surface area contributed by atoms with Crippen LogP contribution in [0.3, 0.4) is 0 Å². The fourth-order valence-corrected chi connectivity index (χ4v) is 3.72. The molecule has 1 aliphatic rings. The predicted octanol–water partition coefficient (Wildman–Crippen LogP) is 2.96. The van der Waals surface area contributed by atoms with Crippen LogP contribution < -0.4 is 20.3 Å². The zero-order valence-corrected chi connectivity index (χ0v) is 18.5. The lowest BCUT2D eigenvalue weighted by Crippen LogP contribution is -2.41. The molecular weight excluding hydrogens is 433 g/mol. The van der Waals surface area contributed by atoms with Crippen molar-refractivity contribution in [2.24, 2.45) is 0 Å². The van der Waals surface area contributed by atoms with E-state index in [9.17, 15) is 9.18 Å². The van der Waals surface area contributed by atoms with E-state index in [-0.39, 0.29) is 17.9 Å². The van der Waals surface area contributed by atoms with E-state index < -0.39 is 0 Å². The quantitative estimate of drug-likeness (QED) is 0.417. The molecule has 0 saturated heterocycles. The molecule has 0 fully saturated rings. The van der Waals surface area contributed by atoms with Gasteiger partial charge in [-0.3, -0.25) is 4.79 Å². The molecule has 0 saturated carbocycles. The topological polar surface area (TPSA) is 75.8 Å². The monoisotopic (exact) mass is 457 g/mol. The fourth-order valence-electron chi connectivity index (χ4n) is 3.49. The van der Waals surface area contributed by atoms with E-state index in [2.05, 4.69) is 10.3 Å². The van der Waals surface area contributed by atoms with Crippen molar-refractivity contribution in [3.63, 3.8) is 0 Å². The molecule has 0 atom stereocenters. The summed E-state index contributed by atoms with van der Waals surface area (Å²) >= 11 is 5.57. The van der Waals surface area contributed by atoms with E-state index in [1.54, 1.807) is 25.3 Å². The number of fused-ring (bicyclic) bond motifs is 2. The molecule has 2 heterocycles. The van der Waals surface area contributed by atoms with Crippen LogP contribution >= 0.6 is 12.2 Å². The predicted molar refractivity (Wildman–Crippen MR) is 124 cm³/mol. The molecule has 0 spiro atoms. The Morgan fingerprint density at radius 1 is 1.16 bits per heavy atom. The van der Waals surface area contributed by atoms with Crippen molar-refractivity contribution in [2.75, 3.05) is 33.5 Å². The molecule has 0 bridgehead atoms. The Morgan fingerprint density at radius 3 is 2.59 bits per heavy atom. The molecule has 2 aromatic carbocycles. The van der Waals surface area contributed by atoms with Crippen molar-refractivity contribution >= 4 is 28.2 Å². The smallest absolute Gasteiger partial charge is 0.253 e. The van der Waals surface area contributed by atoms with E-state index in [0.29, 0.717) is 60.6 Å². The number of methoxy groups -OCH3 is 1. The van der Waals surface area contributed by atoms with Gasteiger partial charge in [0.25, 0.3) is 5.56 Å². The third-order valence-electron chi connectivity index (χ3n) is 5.10. The molecule has 9 heteroatoms. The second kappa shape index (κ2) is 9.97. The van der Waals surface area contributed by atoms with Gasteiger partial charge in [-0.25, -0.2) is 4.39 Å². The SMILES string of the molecule is COCCNC(=S)N(Cc1ccc(F)cc1)Cc1cc2cc3c(cc2[nH]c1=O)OCCO3. The molecule has 32 heavy (non-hydrogen) atoms. The van der Waals surface area contributed by atoms with Gasteiger partial charge in [0.15, 0.2) is 16.6 Å². The van der Waals surface area contributed by atoms with E-state index >= 15 is 0 Å². The van der Waals surface area contributed by atoms with Gasteiger partial charge in [0.1, 0.15) is 19.0 Å². The summed E-state index contributed by atoms with van der Waals surface area (Å²) < 4.78 is 29.7. The van der Waals surface area contributed by atoms with Crippen LogP contribution in [-0.4, -0.2) is 48.5 Å². The van der Waals surface area contributed by atoms with Crippen LogP contribution in [0, 0.1) is 5.82 Å². The second-order valence-corrected chi connectivity index (χ2v) is 7.80. The average molecular weight is 458 g/mol. The van der Waals surface area contributed by atoms with Gasteiger partial charge in [-0.05, 0) is 42.0 Å². The number of halogens is 1. The lowest BCUT2D eigenvalue weighted by atomic mass is 10.1. The molecule has 0 radical (unpaired) electrons. The first-order chi connectivity index (χ1) is 15.5. The van der Waals surface area contributed by atoms with Gasteiger partial charge < -0.3 is 29.4 Å². The molecule has 0 unspecified atom stereocenters. The Morgan fingerprint density at radius 2 is 1.88 bits per heavy atom. The number of pyridine rings is 1. The lowest BCUT2D eigenvalue weighted by Gasteiger charge is -2.26. The molecule has 2 N–H and O–H groups in total. The Balaban J connectivity index is 1.62. The molecular formula is C23H24FN3O4S. The minimum Gasteiger partial charge on any atom is -0.486 e. The molecule has 4 rings (SSSR count). The highest BCUT2D eigenvalue weighted by molar-refractivity contribution is 7.80. The third-order valence-corrected chi connectivity index (χ3v) is 5.50. The summed E-state index contributed by atoms with van der Waals surface area (Å²) in [7, 11) is 1.61. The molecule has 1 aliphatic heterocycles. The van der Waals surface area contributed by atoms with Gasteiger partial charge in [0.05, 0.1) is 18.7 Å². The van der Waals surface area contributed by atoms with E-state index in [4.69, 9.17) is 26.4 Å². The highest BCUT2D eigenvalue weighted by Gasteiger charge is 2.17. The number of nitrogens with one attached hydrogen (secondary N) is 2. The Hall–Kier alpha value is -3.17. The van der Waals surface area contributed by atoms with Crippen LogP contribution in [0.4, 0.5) is 4.39 Å². The Kier molecular flexibility index (Phi) is 6.87. The van der Waals surface area contributed by atoms with Crippen molar-refractivity contribution < 1.29 is 18.6 Å². The van der Waals surface area contributed by atoms with Crippen molar-refractivity contribution in [2.45, 2.75) is 13.1 Å². The third kappa shape index (κ3) is 5.17. The number of benzene rings is 2. The second-order valence-electron chi connectivity index (χ2n) is 7.41. The van der Waals surface area contributed by atoms with Crippen molar-refractivity contribution in [1.82, 2.24) is 15.2 Å². The summed E-state index contributed by atoms with van der Waals surface area (Å²) in [6.45, 7) is 2.68. The first kappa shape index (κ1) is 22.0. The number of aromatic amines is 1. The summed E-state index contributed by atoms with van der Waals surface area (Å²) in [6.07, 6.45) is 0. The van der Waals surface area contributed by atoms with Gasteiger partial charge in [0.2, 0.25) is 0 Å². The summed E-state index contributed by atoms with van der Waals surface area (Å²) in [6, 6.07) is 11.7. The maximum absolute atomic E-state index is 13.3. The summed E-state index contributed by atoms with van der Waals surface area (Å²) in [4.78, 5) is 17.6. The van der Waals surface area contributed by atoms with Crippen LogP contribution in [0.2, 0.25) is 0 Å². The van der Waals surface area contributed by atoms with Crippen LogP contribution in [-0.2, 0) is 17.8 Å². The molecule has 7 nitrogen and oxygen atoms in total. The van der Waals surface area contributed by atoms with Gasteiger partial charge in [-0.2, -0.15) is 0 Å². The lowest BCUT2D eigenvalue weighted by molar-refractivity contribution is 0.172. The van der Waals surface area contributed by atoms with Crippen LogP contribution in [0.15, 0.2) is 47.3 Å². The van der Waals surface area contributed by atoms with Crippen LogP contribution in [0.5, 0.6) is 11.5 Å². The van der Waals surface area contributed by atoms with Crippen molar-refractivity contribution in [3.05, 3.63) is 69.8 Å². The van der Waals surface area contributed by atoms with Crippen LogP contribution in [0.25, 0.3) is 10.9 Å². The van der Waals surface area contributed by atoms with Gasteiger partial charge in [0, 0.05) is 37.2 Å². The van der Waals surface area contributed by atoms with Crippen LogP contribution in [0.1, 0.15) is 11.1 Å². The number of hydrogen-bond donors (Lipinski definition) is 2. The van der Waals surface area contributed by atoms with E-state index in [1.807, 2.05) is 17.0 Å². The van der Waals surface area contributed by atoms with Gasteiger partial charge in [-0.1, -0.05) is 12.1 Å². The minimum atomic E-state index is -0.304. The average Bonchev–Trinajstić information content (AvgIpc) is 2.79. The maximum atomic E-state index is 13.3. The Labute approximate surface area is 190 Å². The zero-order chi connectivity index (χ0) is 22.5. The molecule has 1 aromatic heterocycles. The zero-order valence-electron chi connectivity index (χ0n) is 17.7. The number of rotatable bonds is 7. The largest absolute Gasteiger partial charge is 0.486 e. The molecule has 0 aliphatic carbocycles. The number of ether oxygens (including phenoxy) is 3. The van der Waals surface area contributed by atoms with E-state index in [0.717, 1.165) is 10.9 Å². The highest BCUT2D eigenvalue weighted by atomic mass is 32.1. The number of thiocarbonyl (C=S) groups is 1. The molecule has 168 valence electrons. The normalized spacial score (nSPS) is 12.6. The van der Waals surface area contributed by atoms with Crippen molar-refractivity contribution in [3.8, 4) is 11.5 Å². The maximum Gasteiger partial charge on any atom is 0.253 e.